The zero-order chi connectivity index (χ0) is 29.1. The smallest absolute Gasteiger partial charge is 0.408 e. The van der Waals surface area contributed by atoms with E-state index in [4.69, 9.17) is 4.74 Å². The molecule has 0 spiro atoms. The van der Waals surface area contributed by atoms with Crippen molar-refractivity contribution in [2.75, 3.05) is 18.6 Å². The lowest BCUT2D eigenvalue weighted by molar-refractivity contribution is -0.149. The summed E-state index contributed by atoms with van der Waals surface area (Å²) in [7, 11) is 0. The van der Waals surface area contributed by atoms with Crippen molar-refractivity contribution in [3.8, 4) is 0 Å². The Kier molecular flexibility index (Phi) is 13.7. The van der Waals surface area contributed by atoms with E-state index < -0.39 is 29.3 Å². The lowest BCUT2D eigenvalue weighted by Crippen LogP contribution is -2.59. The summed E-state index contributed by atoms with van der Waals surface area (Å²) in [6.45, 7) is 18.0. The molecule has 0 heterocycles. The van der Waals surface area contributed by atoms with Crippen LogP contribution in [0.15, 0.2) is 18.2 Å². The van der Waals surface area contributed by atoms with Crippen molar-refractivity contribution in [1.29, 1.82) is 0 Å². The fourth-order valence-corrected chi connectivity index (χ4v) is 4.80. The average molecular weight is 550 g/mol. The number of carbonyl (C=O) groups excluding carboxylic acids is 3. The minimum atomic E-state index is -0.838. The minimum absolute atomic E-state index is 0.207. The third-order valence-corrected chi connectivity index (χ3v) is 7.14. The van der Waals surface area contributed by atoms with Gasteiger partial charge in [0.05, 0.1) is 0 Å². The van der Waals surface area contributed by atoms with Crippen LogP contribution in [-0.2, 0) is 14.3 Å². The minimum Gasteiger partial charge on any atom is -0.444 e. The Morgan fingerprint density at radius 2 is 1.61 bits per heavy atom. The number of carbonyl (C=O) groups is 3. The molecule has 0 aromatic heterocycles. The topological polar surface area (TPSA) is 87.7 Å². The second-order valence-corrected chi connectivity index (χ2v) is 12.7. The zero-order valence-corrected chi connectivity index (χ0v) is 26.1. The monoisotopic (exact) mass is 549 g/mol. The molecule has 216 valence electrons. The molecule has 0 radical (unpaired) electrons. The first-order valence-corrected chi connectivity index (χ1v) is 15.2. The number of aryl methyl sites for hydroxylation is 2. The molecule has 0 fully saturated rings. The highest BCUT2D eigenvalue weighted by atomic mass is 32.2. The molecule has 8 heteroatoms. The van der Waals surface area contributed by atoms with Gasteiger partial charge in [-0.05, 0) is 85.3 Å². The number of ether oxygens (including phenoxy) is 1. The number of nitrogens with one attached hydrogen (secondary N) is 2. The molecule has 0 aliphatic rings. The fraction of sp³-hybridized carbons (Fsp3) is 0.700. The van der Waals surface area contributed by atoms with Gasteiger partial charge in [-0.15, -0.1) is 0 Å². The van der Waals surface area contributed by atoms with Crippen LogP contribution in [0.3, 0.4) is 0 Å². The first kappa shape index (κ1) is 33.8. The van der Waals surface area contributed by atoms with E-state index in [1.807, 2.05) is 53.0 Å². The van der Waals surface area contributed by atoms with Crippen molar-refractivity contribution >= 4 is 29.7 Å². The molecule has 38 heavy (non-hydrogen) atoms. The molecule has 0 saturated heterocycles. The molecule has 0 saturated carbocycles. The van der Waals surface area contributed by atoms with E-state index in [-0.39, 0.29) is 11.8 Å². The highest BCUT2D eigenvalue weighted by Gasteiger charge is 2.43. The quantitative estimate of drug-likeness (QED) is 0.265. The fourth-order valence-electron chi connectivity index (χ4n) is 4.32. The van der Waals surface area contributed by atoms with Crippen molar-refractivity contribution in [2.45, 2.75) is 118 Å². The van der Waals surface area contributed by atoms with Crippen LogP contribution in [0, 0.1) is 13.8 Å². The van der Waals surface area contributed by atoms with Crippen molar-refractivity contribution in [3.05, 3.63) is 34.9 Å². The molecule has 3 amide bonds. The number of amides is 3. The van der Waals surface area contributed by atoms with Crippen LogP contribution in [0.2, 0.25) is 0 Å². The largest absolute Gasteiger partial charge is 0.444 e. The molecular formula is C30H51N3O4S. The van der Waals surface area contributed by atoms with E-state index >= 15 is 0 Å². The van der Waals surface area contributed by atoms with Gasteiger partial charge in [-0.1, -0.05) is 56.0 Å². The summed E-state index contributed by atoms with van der Waals surface area (Å²) in [5.74, 6) is 0.177. The van der Waals surface area contributed by atoms with Gasteiger partial charge in [0.1, 0.15) is 17.7 Å². The third-order valence-electron chi connectivity index (χ3n) is 6.50. The molecular weight excluding hydrogens is 498 g/mol. The van der Waals surface area contributed by atoms with E-state index in [2.05, 4.69) is 23.6 Å². The summed E-state index contributed by atoms with van der Waals surface area (Å²) in [4.78, 5) is 42.7. The molecule has 1 aromatic carbocycles. The molecule has 0 aliphatic carbocycles. The lowest BCUT2D eigenvalue weighted by atomic mass is 9.90. The maximum atomic E-state index is 14.4. The first-order valence-electron chi connectivity index (χ1n) is 13.8. The van der Waals surface area contributed by atoms with Crippen molar-refractivity contribution in [3.63, 3.8) is 0 Å². The Morgan fingerprint density at radius 3 is 2.11 bits per heavy atom. The number of hydrogen-bond acceptors (Lipinski definition) is 5. The summed E-state index contributed by atoms with van der Waals surface area (Å²) in [6, 6.07) is 4.35. The van der Waals surface area contributed by atoms with Crippen molar-refractivity contribution in [1.82, 2.24) is 15.5 Å². The maximum Gasteiger partial charge on any atom is 0.408 e. The summed E-state index contributed by atoms with van der Waals surface area (Å²) < 4.78 is 5.48. The summed E-state index contributed by atoms with van der Waals surface area (Å²) in [5.41, 5.74) is 1.46. The molecule has 2 N–H and O–H groups in total. The van der Waals surface area contributed by atoms with Gasteiger partial charge >= 0.3 is 6.09 Å². The van der Waals surface area contributed by atoms with E-state index in [1.54, 1.807) is 37.4 Å². The van der Waals surface area contributed by atoms with Crippen molar-refractivity contribution in [2.24, 2.45) is 0 Å². The van der Waals surface area contributed by atoms with Crippen LogP contribution in [0.4, 0.5) is 4.79 Å². The van der Waals surface area contributed by atoms with Gasteiger partial charge < -0.3 is 20.3 Å². The zero-order valence-electron chi connectivity index (χ0n) is 25.3. The molecule has 1 rings (SSSR count). The van der Waals surface area contributed by atoms with Crippen LogP contribution in [0.1, 0.15) is 103 Å². The van der Waals surface area contributed by atoms with E-state index in [0.717, 1.165) is 36.0 Å². The molecule has 2 unspecified atom stereocenters. The average Bonchev–Trinajstić information content (AvgIpc) is 2.80. The van der Waals surface area contributed by atoms with E-state index in [1.165, 1.54) is 0 Å². The van der Waals surface area contributed by atoms with Gasteiger partial charge in [-0.2, -0.15) is 11.8 Å². The Bertz CT molecular complexity index is 906. The van der Waals surface area contributed by atoms with Crippen LogP contribution >= 0.6 is 11.8 Å². The second kappa shape index (κ2) is 15.4. The Labute approximate surface area is 235 Å². The SMILES string of the molecule is CCCCCNC(=O)C(c1cc(C)cc(C)c1)N(C(=O)C(CCSC)NC(=O)OC(C)(C)C)C(C)(C)CC. The Balaban J connectivity index is 3.61. The number of rotatable bonds is 14. The van der Waals surface area contributed by atoms with Gasteiger partial charge in [-0.3, -0.25) is 9.59 Å². The highest BCUT2D eigenvalue weighted by Crippen LogP contribution is 2.33. The highest BCUT2D eigenvalue weighted by molar-refractivity contribution is 7.98. The molecule has 0 aliphatic heterocycles. The summed E-state index contributed by atoms with van der Waals surface area (Å²) in [6.07, 6.45) is 5.33. The number of thioether (sulfide) groups is 1. The lowest BCUT2D eigenvalue weighted by Gasteiger charge is -2.44. The van der Waals surface area contributed by atoms with Gasteiger partial charge in [-0.25, -0.2) is 4.79 Å². The van der Waals surface area contributed by atoms with E-state index in [0.29, 0.717) is 25.1 Å². The molecule has 7 nitrogen and oxygen atoms in total. The number of alkyl carbamates (subject to hydrolysis) is 1. The second-order valence-electron chi connectivity index (χ2n) is 11.7. The third kappa shape index (κ3) is 10.9. The maximum absolute atomic E-state index is 14.4. The standard InChI is InChI=1S/C30H51N3O4S/c1-11-13-14-16-31-26(34)25(23-19-21(3)18-22(4)20-23)33(30(8,9)12-2)27(35)24(15-17-38-10)32-28(36)37-29(5,6)7/h18-20,24-25H,11-17H2,1-10H3,(H,31,34)(H,32,36). The number of benzene rings is 1. The van der Waals surface area contributed by atoms with Gasteiger partial charge in [0.2, 0.25) is 11.8 Å². The van der Waals surface area contributed by atoms with E-state index in [9.17, 15) is 14.4 Å². The summed E-state index contributed by atoms with van der Waals surface area (Å²) >= 11 is 1.60. The first-order chi connectivity index (χ1) is 17.7. The number of nitrogens with zero attached hydrogens (tertiary/aromatic N) is 1. The van der Waals surface area contributed by atoms with Gasteiger partial charge in [0, 0.05) is 12.1 Å². The van der Waals surface area contributed by atoms with Crippen LogP contribution in [0.25, 0.3) is 0 Å². The number of unbranched alkanes of at least 4 members (excludes halogenated alkanes) is 2. The summed E-state index contributed by atoms with van der Waals surface area (Å²) in [5, 5.41) is 5.91. The van der Waals surface area contributed by atoms with Gasteiger partial charge in [0.25, 0.3) is 0 Å². The predicted molar refractivity (Wildman–Crippen MR) is 159 cm³/mol. The Hall–Kier alpha value is -2.22. The predicted octanol–water partition coefficient (Wildman–Crippen LogP) is 6.31. The Morgan fingerprint density at radius 1 is 1.00 bits per heavy atom. The van der Waals surface area contributed by atoms with Crippen molar-refractivity contribution < 1.29 is 19.1 Å². The van der Waals surface area contributed by atoms with Crippen LogP contribution in [-0.4, -0.2) is 58.5 Å². The van der Waals surface area contributed by atoms with Crippen LogP contribution < -0.4 is 10.6 Å². The van der Waals surface area contributed by atoms with Gasteiger partial charge in [0.15, 0.2) is 0 Å². The number of hydrogen-bond donors (Lipinski definition) is 2. The molecule has 1 aromatic rings. The van der Waals surface area contributed by atoms with Crippen LogP contribution in [0.5, 0.6) is 0 Å². The molecule has 2 atom stereocenters. The normalized spacial score (nSPS) is 13.4. The molecule has 0 bridgehead atoms.